The number of rotatable bonds is 24. The van der Waals surface area contributed by atoms with Crippen LogP contribution in [0.1, 0.15) is 80.4 Å². The number of pyridine rings is 2. The Hall–Kier alpha value is -6.61. The van der Waals surface area contributed by atoms with Crippen molar-refractivity contribution in [1.29, 1.82) is 5.26 Å². The number of aryl methyl sites for hydroxylation is 1. The number of methoxy groups -OCH3 is 2. The number of nitriles is 1. The number of fused-ring (bicyclic) bond motifs is 2. The van der Waals surface area contributed by atoms with E-state index in [1.807, 2.05) is 143 Å². The van der Waals surface area contributed by atoms with Crippen molar-refractivity contribution in [1.82, 2.24) is 34.0 Å². The van der Waals surface area contributed by atoms with Gasteiger partial charge in [0.05, 0.1) is 57.9 Å². The van der Waals surface area contributed by atoms with Crippen LogP contribution >= 0.6 is 8.53 Å². The van der Waals surface area contributed by atoms with Gasteiger partial charge >= 0.3 is 5.69 Å². The van der Waals surface area contributed by atoms with E-state index in [1.165, 1.54) is 10.8 Å². The summed E-state index contributed by atoms with van der Waals surface area (Å²) in [5, 5.41) is 9.68. The van der Waals surface area contributed by atoms with E-state index in [1.54, 1.807) is 38.4 Å². The van der Waals surface area contributed by atoms with Crippen LogP contribution in [0.2, 0.25) is 0 Å². The number of aromatic amines is 1. The van der Waals surface area contributed by atoms with Gasteiger partial charge in [0, 0.05) is 62.3 Å². The Kier molecular flexibility index (Phi) is 17.5. The highest BCUT2D eigenvalue weighted by molar-refractivity contribution is 7.44. The van der Waals surface area contributed by atoms with Crippen molar-refractivity contribution in [3.63, 3.8) is 0 Å². The van der Waals surface area contributed by atoms with E-state index in [2.05, 4.69) is 30.6 Å². The maximum Gasteiger partial charge on any atom is 0.330 e. The van der Waals surface area contributed by atoms with E-state index in [4.69, 9.17) is 28.0 Å². The van der Waals surface area contributed by atoms with Crippen molar-refractivity contribution in [2.45, 2.75) is 102 Å². The number of nitrogens with zero attached hydrogens (tertiary/aromatic N) is 7. The zero-order valence-corrected chi connectivity index (χ0v) is 43.9. The first-order valence-electron chi connectivity index (χ1n) is 24.9. The van der Waals surface area contributed by atoms with Gasteiger partial charge in [0.15, 0.2) is 6.23 Å². The standard InChI is InChI=1S/C56H65N8O9P/c1-39(2)64(40(3)4)74(71-33-15-29-57)73-51-50-53(62-34-41(5)52(66)60-54(62)67)72-55(51,37-63(50)49(65)28-32-61(35-45-18-11-13-30-58-45)36-46-19-12-14-31-59-46)38-70-56(42-16-9-8-10-17-42,43-20-24-47(68-6)25-21-43)44-22-26-48(69-7)27-23-44/h8-14,16-27,30-31,34,39-40,50-51,53H,15,28,32-33,35-38H2,1-7H3,(H,60,66,67)/t50?,51-,53+,55+,74?/m0/s1. The topological polar surface area (TPSA) is 187 Å². The Balaban J connectivity index is 1.28. The summed E-state index contributed by atoms with van der Waals surface area (Å²) in [6, 6.07) is 37.8. The Morgan fingerprint density at radius 2 is 1.42 bits per heavy atom. The number of carbonyl (C=O) groups is 1. The van der Waals surface area contributed by atoms with Crippen molar-refractivity contribution < 1.29 is 32.8 Å². The monoisotopic (exact) mass is 1020 g/mol. The molecule has 3 aromatic carbocycles. The van der Waals surface area contributed by atoms with Crippen molar-refractivity contribution in [3.8, 4) is 17.6 Å². The Labute approximate surface area is 433 Å². The molecule has 2 aliphatic rings. The Morgan fingerprint density at radius 1 is 0.851 bits per heavy atom. The van der Waals surface area contributed by atoms with Crippen molar-refractivity contribution in [2.24, 2.45) is 0 Å². The largest absolute Gasteiger partial charge is 0.497 e. The van der Waals surface area contributed by atoms with Gasteiger partial charge in [-0.05, 0) is 99.8 Å². The third-order valence-electron chi connectivity index (χ3n) is 13.5. The zero-order chi connectivity index (χ0) is 52.4. The zero-order valence-electron chi connectivity index (χ0n) is 43.0. The van der Waals surface area contributed by atoms with E-state index >= 15 is 4.79 Å². The molecule has 8 rings (SSSR count). The molecule has 18 heteroatoms. The van der Waals surface area contributed by atoms with Crippen molar-refractivity contribution in [3.05, 3.63) is 188 Å². The van der Waals surface area contributed by atoms with Crippen molar-refractivity contribution in [2.75, 3.05) is 40.5 Å². The van der Waals surface area contributed by atoms with Gasteiger partial charge in [-0.2, -0.15) is 5.26 Å². The maximum atomic E-state index is 15.4. The van der Waals surface area contributed by atoms with E-state index in [-0.39, 0.29) is 56.2 Å². The molecule has 17 nitrogen and oxygen atoms in total. The molecular formula is C56H65N8O9P. The van der Waals surface area contributed by atoms with Gasteiger partial charge in [-0.25, -0.2) is 9.46 Å². The molecule has 0 saturated carbocycles. The molecule has 388 valence electrons. The molecule has 0 radical (unpaired) electrons. The molecule has 6 aromatic rings. The molecule has 3 aromatic heterocycles. The van der Waals surface area contributed by atoms with Gasteiger partial charge in [-0.3, -0.25) is 34.0 Å². The third-order valence-corrected chi connectivity index (χ3v) is 15.6. The van der Waals surface area contributed by atoms with Gasteiger partial charge in [0.1, 0.15) is 34.8 Å². The first-order valence-corrected chi connectivity index (χ1v) is 26.0. The summed E-state index contributed by atoms with van der Waals surface area (Å²) in [4.78, 5) is 58.0. The highest BCUT2D eigenvalue weighted by Crippen LogP contribution is 2.57. The number of benzene rings is 3. The first-order chi connectivity index (χ1) is 35.8. The van der Waals surface area contributed by atoms with Crippen LogP contribution in [-0.4, -0.2) is 110 Å². The number of amides is 1. The lowest BCUT2D eigenvalue weighted by molar-refractivity contribution is -0.182. The van der Waals surface area contributed by atoms with E-state index in [0.717, 1.165) is 28.1 Å². The molecule has 2 bridgehead atoms. The number of aromatic nitrogens is 4. The van der Waals surface area contributed by atoms with Crippen LogP contribution in [-0.2, 0) is 42.0 Å². The number of hydrogen-bond donors (Lipinski definition) is 1. The van der Waals surface area contributed by atoms with Gasteiger partial charge in [0.2, 0.25) is 5.91 Å². The summed E-state index contributed by atoms with van der Waals surface area (Å²) >= 11 is 0. The van der Waals surface area contributed by atoms with Gasteiger partial charge < -0.3 is 32.9 Å². The minimum absolute atomic E-state index is 0.00391. The first kappa shape index (κ1) is 53.7. The second-order valence-electron chi connectivity index (χ2n) is 19.0. The van der Waals surface area contributed by atoms with Crippen LogP contribution < -0.4 is 20.7 Å². The fraction of sp³-hybridized carbons (Fsp3) is 0.393. The van der Waals surface area contributed by atoms with Gasteiger partial charge in [-0.1, -0.05) is 66.7 Å². The number of nitrogens with one attached hydrogen (secondary N) is 1. The van der Waals surface area contributed by atoms with Crippen LogP contribution in [0.5, 0.6) is 11.5 Å². The highest BCUT2D eigenvalue weighted by atomic mass is 31.2. The summed E-state index contributed by atoms with van der Waals surface area (Å²) in [7, 11) is 1.27. The molecule has 2 saturated heterocycles. The van der Waals surface area contributed by atoms with Crippen LogP contribution in [0.3, 0.4) is 0 Å². The van der Waals surface area contributed by atoms with Crippen molar-refractivity contribution >= 4 is 14.4 Å². The SMILES string of the molecule is COc1ccc(C(OC[C@@]23CN(C(=O)CCN(Cc4ccccn4)Cc4ccccn4)C([C@H](n4cc(C)c(=O)[nH]c4=O)O2)[C@@H]3OP(OCCC#N)N(C(C)C)C(C)C)(c2ccccc2)c2ccc(OC)cc2)cc1. The molecule has 1 N–H and O–H groups in total. The maximum absolute atomic E-state index is 15.4. The van der Waals surface area contributed by atoms with Crippen LogP contribution in [0, 0.1) is 18.3 Å². The highest BCUT2D eigenvalue weighted by Gasteiger charge is 2.68. The molecule has 5 heterocycles. The fourth-order valence-corrected chi connectivity index (χ4v) is 11.8. The second kappa shape index (κ2) is 24.2. The quantitative estimate of drug-likeness (QED) is 0.0350. The average molecular weight is 1030 g/mol. The molecule has 0 spiro atoms. The minimum Gasteiger partial charge on any atom is -0.497 e. The number of H-pyrrole nitrogens is 1. The predicted molar refractivity (Wildman–Crippen MR) is 280 cm³/mol. The lowest BCUT2D eigenvalue weighted by Gasteiger charge is -2.42. The number of ether oxygens (including phenoxy) is 4. The van der Waals surface area contributed by atoms with E-state index in [0.29, 0.717) is 31.1 Å². The van der Waals surface area contributed by atoms with E-state index < -0.39 is 49.4 Å². The molecule has 5 atom stereocenters. The molecular weight excluding hydrogens is 960 g/mol. The second-order valence-corrected chi connectivity index (χ2v) is 20.4. The number of hydrogen-bond acceptors (Lipinski definition) is 14. The molecule has 2 aliphatic heterocycles. The fourth-order valence-electron chi connectivity index (χ4n) is 10.00. The molecule has 74 heavy (non-hydrogen) atoms. The number of morpholine rings is 1. The van der Waals surface area contributed by atoms with Crippen LogP contribution in [0.15, 0.2) is 143 Å². The lowest BCUT2D eigenvalue weighted by Crippen LogP contribution is -2.53. The van der Waals surface area contributed by atoms with Crippen LogP contribution in [0.25, 0.3) is 0 Å². The molecule has 0 aliphatic carbocycles. The molecule has 2 fully saturated rings. The summed E-state index contributed by atoms with van der Waals surface area (Å²) in [5.41, 5.74) is 0.187. The minimum atomic E-state index is -1.96. The van der Waals surface area contributed by atoms with Gasteiger partial charge in [-0.15, -0.1) is 0 Å². The van der Waals surface area contributed by atoms with Gasteiger partial charge in [0.25, 0.3) is 14.1 Å². The van der Waals surface area contributed by atoms with E-state index in [9.17, 15) is 14.9 Å². The summed E-state index contributed by atoms with van der Waals surface area (Å²) in [5.74, 6) is 1.08. The molecule has 2 unspecified atom stereocenters. The number of likely N-dealkylation sites (tertiary alicyclic amines) is 1. The Morgan fingerprint density at radius 3 is 1.95 bits per heavy atom. The molecule has 1 amide bonds. The average Bonchev–Trinajstić information content (AvgIpc) is 3.90. The predicted octanol–water partition coefficient (Wildman–Crippen LogP) is 7.89. The lowest BCUT2D eigenvalue weighted by atomic mass is 9.79. The number of carbonyl (C=O) groups excluding carboxylic acids is 1. The summed E-state index contributed by atoms with van der Waals surface area (Å²) < 4.78 is 43.6. The van der Waals surface area contributed by atoms with Crippen LogP contribution in [0.4, 0.5) is 0 Å². The normalized spacial score (nSPS) is 18.8. The Bertz CT molecular complexity index is 2840. The smallest absolute Gasteiger partial charge is 0.330 e. The summed E-state index contributed by atoms with van der Waals surface area (Å²) in [6.07, 6.45) is 2.97. The third kappa shape index (κ3) is 11.7. The summed E-state index contributed by atoms with van der Waals surface area (Å²) in [6.45, 7) is 10.9.